The fraction of sp³-hybridized carbons (Fsp3) is 0.462. The first-order chi connectivity index (χ1) is 9.00. The molecule has 7 heteroatoms. The molecular weight excluding hydrogens is 280 g/mol. The molecule has 0 aliphatic heterocycles. The van der Waals surface area contributed by atoms with E-state index in [1.807, 2.05) is 6.92 Å². The molecule has 20 heavy (non-hydrogen) atoms. The highest BCUT2D eigenvalue weighted by atomic mass is 32.2. The maximum Gasteiger partial charge on any atom is 0.337 e. The summed E-state index contributed by atoms with van der Waals surface area (Å²) in [6, 6.07) is 4.96. The van der Waals surface area contributed by atoms with E-state index in [9.17, 15) is 13.2 Å². The normalized spacial score (nSPS) is 12.2. The zero-order valence-electron chi connectivity index (χ0n) is 12.0. The summed E-state index contributed by atoms with van der Waals surface area (Å²) in [5.41, 5.74) is 0.825. The summed E-state index contributed by atoms with van der Waals surface area (Å²) in [5, 5.41) is 12.1. The van der Waals surface area contributed by atoms with Crippen LogP contribution in [0.15, 0.2) is 18.2 Å². The van der Waals surface area contributed by atoms with Crippen molar-refractivity contribution in [2.24, 2.45) is 0 Å². The second kappa shape index (κ2) is 5.80. The van der Waals surface area contributed by atoms with Crippen LogP contribution in [-0.4, -0.2) is 37.8 Å². The van der Waals surface area contributed by atoms with Crippen LogP contribution in [0, 0.1) is 6.92 Å². The third-order valence-electron chi connectivity index (χ3n) is 2.59. The van der Waals surface area contributed by atoms with E-state index in [4.69, 9.17) is 5.11 Å². The Morgan fingerprint density at radius 2 is 1.95 bits per heavy atom. The summed E-state index contributed by atoms with van der Waals surface area (Å²) >= 11 is 0. The quantitative estimate of drug-likeness (QED) is 0.738. The molecule has 1 aromatic rings. The first-order valence-electron chi connectivity index (χ1n) is 6.07. The van der Waals surface area contributed by atoms with Crippen molar-refractivity contribution in [3.8, 4) is 0 Å². The fourth-order valence-electron chi connectivity index (χ4n) is 1.85. The van der Waals surface area contributed by atoms with Gasteiger partial charge in [0.2, 0.25) is 10.0 Å². The highest BCUT2D eigenvalue weighted by Gasteiger charge is 2.22. The Kier molecular flexibility index (Phi) is 4.77. The molecule has 0 fully saturated rings. The Hall–Kier alpha value is -1.60. The molecule has 6 nitrogen and oxygen atoms in total. The van der Waals surface area contributed by atoms with E-state index in [0.717, 1.165) is 11.8 Å². The van der Waals surface area contributed by atoms with Crippen LogP contribution in [0.1, 0.15) is 29.8 Å². The molecule has 0 atom stereocenters. The molecule has 1 rings (SSSR count). The van der Waals surface area contributed by atoms with Gasteiger partial charge in [-0.2, -0.15) is 0 Å². The van der Waals surface area contributed by atoms with Gasteiger partial charge in [-0.05, 0) is 38.5 Å². The van der Waals surface area contributed by atoms with Gasteiger partial charge in [-0.15, -0.1) is 0 Å². The summed E-state index contributed by atoms with van der Waals surface area (Å²) in [5.74, 6) is -1.03. The van der Waals surface area contributed by atoms with Crippen molar-refractivity contribution in [3.05, 3.63) is 29.3 Å². The maximum atomic E-state index is 11.3. The highest BCUT2D eigenvalue weighted by Crippen LogP contribution is 2.18. The molecule has 0 aliphatic carbocycles. The summed E-state index contributed by atoms with van der Waals surface area (Å²) in [7, 11) is -3.33. The van der Waals surface area contributed by atoms with E-state index in [1.165, 1.54) is 6.07 Å². The smallest absolute Gasteiger partial charge is 0.337 e. The molecule has 0 spiro atoms. The topological polar surface area (TPSA) is 95.5 Å². The molecule has 0 saturated heterocycles. The number of hydrogen-bond acceptors (Lipinski definition) is 4. The Bertz CT molecular complexity index is 609. The Morgan fingerprint density at radius 1 is 1.35 bits per heavy atom. The molecule has 0 bridgehead atoms. The van der Waals surface area contributed by atoms with Gasteiger partial charge in [0.15, 0.2) is 0 Å². The number of aryl methyl sites for hydroxylation is 1. The molecule has 0 amide bonds. The van der Waals surface area contributed by atoms with Gasteiger partial charge >= 0.3 is 5.97 Å². The van der Waals surface area contributed by atoms with Crippen LogP contribution >= 0.6 is 0 Å². The second-order valence-corrected chi connectivity index (χ2v) is 7.21. The molecule has 0 aromatic heterocycles. The molecule has 0 aliphatic rings. The average molecular weight is 300 g/mol. The number of aromatic carboxylic acids is 1. The third-order valence-corrected chi connectivity index (χ3v) is 3.51. The number of carbonyl (C=O) groups is 1. The number of carboxylic acid groups (broad SMARTS) is 1. The lowest BCUT2D eigenvalue weighted by Gasteiger charge is -2.26. The summed E-state index contributed by atoms with van der Waals surface area (Å²) in [6.45, 7) is 5.56. The summed E-state index contributed by atoms with van der Waals surface area (Å²) < 4.78 is 25.0. The van der Waals surface area contributed by atoms with Crippen LogP contribution in [0.2, 0.25) is 0 Å². The van der Waals surface area contributed by atoms with E-state index >= 15 is 0 Å². The predicted octanol–water partition coefficient (Wildman–Crippen LogP) is 1.43. The first-order valence-corrected chi connectivity index (χ1v) is 7.96. The highest BCUT2D eigenvalue weighted by molar-refractivity contribution is 7.88. The van der Waals surface area contributed by atoms with Gasteiger partial charge in [0, 0.05) is 17.8 Å². The van der Waals surface area contributed by atoms with E-state index in [1.54, 1.807) is 26.0 Å². The van der Waals surface area contributed by atoms with Crippen molar-refractivity contribution in [2.45, 2.75) is 26.3 Å². The number of carboxylic acids is 1. The molecule has 0 saturated carbocycles. The van der Waals surface area contributed by atoms with Crippen LogP contribution in [0.25, 0.3) is 0 Å². The lowest BCUT2D eigenvalue weighted by atomic mass is 10.1. The average Bonchev–Trinajstić information content (AvgIpc) is 2.22. The molecule has 0 radical (unpaired) electrons. The molecule has 0 unspecified atom stereocenters. The number of anilines is 1. The minimum Gasteiger partial charge on any atom is -0.478 e. The van der Waals surface area contributed by atoms with Crippen molar-refractivity contribution in [3.63, 3.8) is 0 Å². The summed E-state index contributed by atoms with van der Waals surface area (Å²) in [4.78, 5) is 11.1. The standard InChI is InChI=1S/C13H20N2O4S/c1-9-5-6-10(12(16)17)11(7-9)14-8-13(2,3)15-20(4,18)19/h5-7,14-15H,8H2,1-4H3,(H,16,17). The van der Waals surface area contributed by atoms with Crippen molar-refractivity contribution >= 4 is 21.7 Å². The van der Waals surface area contributed by atoms with Crippen LogP contribution in [-0.2, 0) is 10.0 Å². The van der Waals surface area contributed by atoms with Gasteiger partial charge in [0.25, 0.3) is 0 Å². The van der Waals surface area contributed by atoms with Crippen LogP contribution in [0.4, 0.5) is 5.69 Å². The maximum absolute atomic E-state index is 11.3. The van der Waals surface area contributed by atoms with Crippen molar-refractivity contribution in [1.82, 2.24) is 4.72 Å². The predicted molar refractivity (Wildman–Crippen MR) is 78.7 cm³/mol. The minimum absolute atomic E-state index is 0.158. The van der Waals surface area contributed by atoms with E-state index in [0.29, 0.717) is 5.69 Å². The monoisotopic (exact) mass is 300 g/mol. The van der Waals surface area contributed by atoms with Gasteiger partial charge in [0.05, 0.1) is 11.8 Å². The minimum atomic E-state index is -3.33. The summed E-state index contributed by atoms with van der Waals surface area (Å²) in [6.07, 6.45) is 1.09. The third kappa shape index (κ3) is 5.18. The fourth-order valence-corrected chi connectivity index (χ4v) is 2.92. The van der Waals surface area contributed by atoms with Gasteiger partial charge in [-0.1, -0.05) is 6.07 Å². The van der Waals surface area contributed by atoms with Crippen LogP contribution in [0.5, 0.6) is 0 Å². The van der Waals surface area contributed by atoms with Gasteiger partial charge < -0.3 is 10.4 Å². The lowest BCUT2D eigenvalue weighted by molar-refractivity contribution is 0.0698. The number of benzene rings is 1. The molecular formula is C13H20N2O4S. The Balaban J connectivity index is 2.89. The van der Waals surface area contributed by atoms with E-state index < -0.39 is 21.5 Å². The van der Waals surface area contributed by atoms with Gasteiger partial charge in [0.1, 0.15) is 0 Å². The van der Waals surface area contributed by atoms with E-state index in [-0.39, 0.29) is 12.1 Å². The Morgan fingerprint density at radius 3 is 2.45 bits per heavy atom. The first kappa shape index (κ1) is 16.5. The van der Waals surface area contributed by atoms with Crippen LogP contribution < -0.4 is 10.0 Å². The molecule has 0 heterocycles. The van der Waals surface area contributed by atoms with Crippen LogP contribution in [0.3, 0.4) is 0 Å². The number of hydrogen-bond donors (Lipinski definition) is 3. The van der Waals surface area contributed by atoms with Gasteiger partial charge in [-0.25, -0.2) is 17.9 Å². The van der Waals surface area contributed by atoms with Gasteiger partial charge in [-0.3, -0.25) is 0 Å². The van der Waals surface area contributed by atoms with E-state index in [2.05, 4.69) is 10.0 Å². The number of nitrogens with one attached hydrogen (secondary N) is 2. The largest absolute Gasteiger partial charge is 0.478 e. The zero-order valence-corrected chi connectivity index (χ0v) is 12.8. The zero-order chi connectivity index (χ0) is 15.6. The number of sulfonamides is 1. The lowest BCUT2D eigenvalue weighted by Crippen LogP contribution is -2.47. The molecule has 3 N–H and O–H groups in total. The molecule has 112 valence electrons. The van der Waals surface area contributed by atoms with Crippen molar-refractivity contribution in [1.29, 1.82) is 0 Å². The number of rotatable bonds is 6. The Labute approximate surface area is 119 Å². The van der Waals surface area contributed by atoms with Crippen molar-refractivity contribution in [2.75, 3.05) is 18.1 Å². The van der Waals surface area contributed by atoms with Crippen molar-refractivity contribution < 1.29 is 18.3 Å². The SMILES string of the molecule is Cc1ccc(C(=O)O)c(NCC(C)(C)NS(C)(=O)=O)c1. The second-order valence-electron chi connectivity index (χ2n) is 5.47. The molecule has 1 aromatic carbocycles.